The van der Waals surface area contributed by atoms with Crippen molar-refractivity contribution in [3.8, 4) is 6.07 Å². The summed E-state index contributed by atoms with van der Waals surface area (Å²) in [4.78, 5) is 0. The fraction of sp³-hybridized carbons (Fsp3) is 0.278. The third-order valence-electron chi connectivity index (χ3n) is 3.55. The molecule has 0 spiro atoms. The van der Waals surface area contributed by atoms with Crippen molar-refractivity contribution < 1.29 is 0 Å². The van der Waals surface area contributed by atoms with E-state index < -0.39 is 0 Å². The van der Waals surface area contributed by atoms with Crippen LogP contribution in [0.4, 0.5) is 11.4 Å². The normalized spacial score (nSPS) is 10.1. The maximum absolute atomic E-state index is 9.25. The Balaban J connectivity index is 2.50. The van der Waals surface area contributed by atoms with Crippen molar-refractivity contribution in [2.75, 3.05) is 5.32 Å². The molecular formula is C18H20N2. The molecule has 0 aliphatic carbocycles. The van der Waals surface area contributed by atoms with Gasteiger partial charge < -0.3 is 5.32 Å². The van der Waals surface area contributed by atoms with E-state index in [1.165, 1.54) is 11.1 Å². The van der Waals surface area contributed by atoms with E-state index in [0.717, 1.165) is 29.8 Å². The lowest BCUT2D eigenvalue weighted by molar-refractivity contribution is 1.09. The van der Waals surface area contributed by atoms with Gasteiger partial charge in [-0.2, -0.15) is 5.26 Å². The standard InChI is InChI=1S/C18H20N2/c1-4-14-7-6-8-15(5-2)18(14)20-17-11-13(3)9-10-16(17)12-19/h6-11,20H,4-5H2,1-3H3. The number of nitriles is 1. The van der Waals surface area contributed by atoms with Gasteiger partial charge in [-0.25, -0.2) is 0 Å². The maximum atomic E-state index is 9.25. The molecule has 0 heterocycles. The number of hydrogen-bond donors (Lipinski definition) is 1. The second kappa shape index (κ2) is 6.25. The molecule has 0 amide bonds. The molecule has 0 atom stereocenters. The zero-order valence-electron chi connectivity index (χ0n) is 12.3. The van der Waals surface area contributed by atoms with Gasteiger partial charge in [0.1, 0.15) is 6.07 Å². The van der Waals surface area contributed by atoms with Crippen molar-refractivity contribution in [1.29, 1.82) is 5.26 Å². The van der Waals surface area contributed by atoms with Crippen LogP contribution in [0.2, 0.25) is 0 Å². The van der Waals surface area contributed by atoms with E-state index in [1.54, 1.807) is 0 Å². The summed E-state index contributed by atoms with van der Waals surface area (Å²) in [5.41, 5.74) is 6.45. The van der Waals surface area contributed by atoms with E-state index in [1.807, 2.05) is 25.1 Å². The van der Waals surface area contributed by atoms with E-state index in [4.69, 9.17) is 0 Å². The van der Waals surface area contributed by atoms with E-state index in [2.05, 4.69) is 43.4 Å². The maximum Gasteiger partial charge on any atom is 0.101 e. The predicted octanol–water partition coefficient (Wildman–Crippen LogP) is 4.74. The number of hydrogen-bond acceptors (Lipinski definition) is 2. The van der Waals surface area contributed by atoms with Gasteiger partial charge in [0.15, 0.2) is 0 Å². The average Bonchev–Trinajstić information content (AvgIpc) is 2.47. The Kier molecular flexibility index (Phi) is 4.42. The molecule has 1 N–H and O–H groups in total. The molecule has 0 radical (unpaired) electrons. The SMILES string of the molecule is CCc1cccc(CC)c1Nc1cc(C)ccc1C#N. The van der Waals surface area contributed by atoms with Crippen LogP contribution in [0.15, 0.2) is 36.4 Å². The van der Waals surface area contributed by atoms with E-state index in [0.29, 0.717) is 5.56 Å². The summed E-state index contributed by atoms with van der Waals surface area (Å²) in [6, 6.07) is 14.5. The molecule has 102 valence electrons. The van der Waals surface area contributed by atoms with Crippen LogP contribution in [0.25, 0.3) is 0 Å². The molecule has 0 fully saturated rings. The van der Waals surface area contributed by atoms with Gasteiger partial charge in [0.2, 0.25) is 0 Å². The van der Waals surface area contributed by atoms with E-state index >= 15 is 0 Å². The molecule has 2 aromatic carbocycles. The molecule has 0 unspecified atom stereocenters. The predicted molar refractivity (Wildman–Crippen MR) is 84.4 cm³/mol. The molecule has 0 saturated carbocycles. The van der Waals surface area contributed by atoms with Crippen LogP contribution in [-0.4, -0.2) is 0 Å². The Bertz CT molecular complexity index is 629. The van der Waals surface area contributed by atoms with E-state index in [9.17, 15) is 5.26 Å². The van der Waals surface area contributed by atoms with Gasteiger partial charge >= 0.3 is 0 Å². The number of nitrogens with one attached hydrogen (secondary N) is 1. The monoisotopic (exact) mass is 264 g/mol. The van der Waals surface area contributed by atoms with Crippen molar-refractivity contribution in [2.45, 2.75) is 33.6 Å². The first kappa shape index (κ1) is 14.1. The van der Waals surface area contributed by atoms with Crippen LogP contribution in [0.3, 0.4) is 0 Å². The molecule has 0 aliphatic heterocycles. The third kappa shape index (κ3) is 2.83. The Morgan fingerprint density at radius 2 is 1.70 bits per heavy atom. The summed E-state index contributed by atoms with van der Waals surface area (Å²) in [7, 11) is 0. The zero-order chi connectivity index (χ0) is 14.5. The number of anilines is 2. The summed E-state index contributed by atoms with van der Waals surface area (Å²) < 4.78 is 0. The lowest BCUT2D eigenvalue weighted by Crippen LogP contribution is -2.01. The van der Waals surface area contributed by atoms with Crippen molar-refractivity contribution >= 4 is 11.4 Å². The highest BCUT2D eigenvalue weighted by Gasteiger charge is 2.09. The number of rotatable bonds is 4. The summed E-state index contributed by atoms with van der Waals surface area (Å²) in [5.74, 6) is 0. The summed E-state index contributed by atoms with van der Waals surface area (Å²) in [6.45, 7) is 6.35. The van der Waals surface area contributed by atoms with Crippen LogP contribution < -0.4 is 5.32 Å². The van der Waals surface area contributed by atoms with E-state index in [-0.39, 0.29) is 0 Å². The molecule has 0 saturated heterocycles. The molecule has 0 bridgehead atoms. The first-order valence-electron chi connectivity index (χ1n) is 7.08. The minimum Gasteiger partial charge on any atom is -0.354 e. The molecule has 2 rings (SSSR count). The van der Waals surface area contributed by atoms with Crippen LogP contribution in [0.5, 0.6) is 0 Å². The summed E-state index contributed by atoms with van der Waals surface area (Å²) >= 11 is 0. The Morgan fingerprint density at radius 3 is 2.25 bits per heavy atom. The highest BCUT2D eigenvalue weighted by molar-refractivity contribution is 5.71. The van der Waals surface area contributed by atoms with Gasteiger partial charge in [-0.3, -0.25) is 0 Å². The van der Waals surface area contributed by atoms with Crippen molar-refractivity contribution in [1.82, 2.24) is 0 Å². The van der Waals surface area contributed by atoms with Gasteiger partial charge in [0.25, 0.3) is 0 Å². The average molecular weight is 264 g/mol. The van der Waals surface area contributed by atoms with Crippen LogP contribution >= 0.6 is 0 Å². The fourth-order valence-corrected chi connectivity index (χ4v) is 2.40. The molecule has 0 aromatic heterocycles. The van der Waals surface area contributed by atoms with Crippen LogP contribution in [-0.2, 0) is 12.8 Å². The minimum atomic E-state index is 0.684. The molecule has 0 aliphatic rings. The molecule has 2 heteroatoms. The molecular weight excluding hydrogens is 244 g/mol. The summed E-state index contributed by atoms with van der Waals surface area (Å²) in [5, 5.41) is 12.7. The summed E-state index contributed by atoms with van der Waals surface area (Å²) in [6.07, 6.45) is 1.95. The molecule has 20 heavy (non-hydrogen) atoms. The number of para-hydroxylation sites is 1. The zero-order valence-corrected chi connectivity index (χ0v) is 12.3. The molecule has 2 aromatic rings. The topological polar surface area (TPSA) is 35.8 Å². The van der Waals surface area contributed by atoms with Crippen LogP contribution in [0.1, 0.15) is 36.1 Å². The first-order valence-corrected chi connectivity index (χ1v) is 7.08. The van der Waals surface area contributed by atoms with Crippen LogP contribution in [0, 0.1) is 18.3 Å². The highest BCUT2D eigenvalue weighted by Crippen LogP contribution is 2.28. The van der Waals surface area contributed by atoms with Gasteiger partial charge in [-0.15, -0.1) is 0 Å². The third-order valence-corrected chi connectivity index (χ3v) is 3.55. The minimum absolute atomic E-state index is 0.684. The highest BCUT2D eigenvalue weighted by atomic mass is 14.9. The smallest absolute Gasteiger partial charge is 0.101 e. The Hall–Kier alpha value is -2.27. The number of aryl methyl sites for hydroxylation is 3. The largest absolute Gasteiger partial charge is 0.354 e. The molecule has 2 nitrogen and oxygen atoms in total. The van der Waals surface area contributed by atoms with Gasteiger partial charge in [-0.05, 0) is 48.6 Å². The Morgan fingerprint density at radius 1 is 1.05 bits per heavy atom. The van der Waals surface area contributed by atoms with Crippen molar-refractivity contribution in [3.05, 3.63) is 58.7 Å². The second-order valence-corrected chi connectivity index (χ2v) is 4.94. The lowest BCUT2D eigenvalue weighted by atomic mass is 10.0. The van der Waals surface area contributed by atoms with Gasteiger partial charge in [-0.1, -0.05) is 38.1 Å². The van der Waals surface area contributed by atoms with Gasteiger partial charge in [0.05, 0.1) is 11.3 Å². The number of benzene rings is 2. The fourth-order valence-electron chi connectivity index (χ4n) is 2.40. The first-order chi connectivity index (χ1) is 9.69. The van der Waals surface area contributed by atoms with Gasteiger partial charge in [0, 0.05) is 5.69 Å². The quantitative estimate of drug-likeness (QED) is 0.866. The van der Waals surface area contributed by atoms with Crippen molar-refractivity contribution in [3.63, 3.8) is 0 Å². The van der Waals surface area contributed by atoms with Crippen molar-refractivity contribution in [2.24, 2.45) is 0 Å². The number of nitrogens with zero attached hydrogens (tertiary/aromatic N) is 1. The lowest BCUT2D eigenvalue weighted by Gasteiger charge is -2.16. The second-order valence-electron chi connectivity index (χ2n) is 4.94. The Labute approximate surface area is 121 Å².